The number of carbonyl (C=O) groups is 7. The number of nitro benzene ring substituents is 1. The molecule has 3 heterocycles. The van der Waals surface area contributed by atoms with E-state index >= 15 is 0 Å². The topological polar surface area (TPSA) is 320 Å². The maximum Gasteiger partial charge on any atom is 0.427 e. The first kappa shape index (κ1) is 87.7. The van der Waals surface area contributed by atoms with Crippen LogP contribution in [0.4, 0.5) is 23.7 Å². The minimum absolute atomic E-state index is 0.0278. The Hall–Kier alpha value is -7.32. The molecule has 7 N–H and O–H groups in total. The summed E-state index contributed by atoms with van der Waals surface area (Å²) in [6, 6.07) is 19.5. The van der Waals surface area contributed by atoms with Gasteiger partial charge in [-0.25, -0.2) is 9.78 Å². The smallest absolute Gasteiger partial charge is 0.427 e. The van der Waals surface area contributed by atoms with Crippen molar-refractivity contribution >= 4 is 98.1 Å². The second-order valence-corrected chi connectivity index (χ2v) is 26.8. The van der Waals surface area contributed by atoms with Gasteiger partial charge in [0.25, 0.3) is 11.6 Å². The minimum atomic E-state index is -4.34. The number of hydrogen-bond acceptors (Lipinski definition) is 17. The molecule has 7 rings (SSSR count). The van der Waals surface area contributed by atoms with Crippen LogP contribution in [0.1, 0.15) is 145 Å². The van der Waals surface area contributed by atoms with E-state index in [2.05, 4.69) is 69.0 Å². The predicted molar refractivity (Wildman–Crippen MR) is 384 cm³/mol. The van der Waals surface area contributed by atoms with Gasteiger partial charge in [0.15, 0.2) is 0 Å². The Morgan fingerprint density at radius 3 is 1.76 bits per heavy atom. The second-order valence-electron chi connectivity index (χ2n) is 23.1. The first-order valence-corrected chi connectivity index (χ1v) is 34.7. The highest BCUT2D eigenvalue weighted by atomic mass is 127. The number of carbonyl (C=O) groups excluding carboxylic acids is 4. The summed E-state index contributed by atoms with van der Waals surface area (Å²) in [5.41, 5.74) is 5.56. The lowest BCUT2D eigenvalue weighted by atomic mass is 9.89. The van der Waals surface area contributed by atoms with Gasteiger partial charge in [0.2, 0.25) is 11.8 Å². The van der Waals surface area contributed by atoms with Crippen molar-refractivity contribution in [3.8, 4) is 11.3 Å². The van der Waals surface area contributed by atoms with Crippen LogP contribution in [0, 0.1) is 60.1 Å². The number of carboxylic acids is 2. The normalized spacial score (nSPS) is 13.2. The molecule has 23 nitrogen and oxygen atoms in total. The molecule has 538 valence electrons. The fraction of sp³-hybridized carbons (Fsp3) is 0.529. The number of halogens is 4. The maximum absolute atomic E-state index is 12.8. The number of ketones is 1. The number of aromatic nitrogens is 3. The number of likely N-dealkylation sites (N-methyl/N-ethyl adjacent to an activating group) is 1. The van der Waals surface area contributed by atoms with Crippen molar-refractivity contribution < 1.29 is 67.0 Å². The van der Waals surface area contributed by atoms with E-state index < -0.39 is 34.0 Å². The van der Waals surface area contributed by atoms with Crippen molar-refractivity contribution in [1.82, 2.24) is 51.1 Å². The van der Waals surface area contributed by atoms with Crippen LogP contribution in [-0.4, -0.2) is 178 Å². The average molecular weight is 1510 g/mol. The number of piperidine rings is 1. The van der Waals surface area contributed by atoms with Gasteiger partial charge in [-0.3, -0.25) is 48.7 Å². The number of non-ortho nitro benzene ring substituents is 1. The van der Waals surface area contributed by atoms with Gasteiger partial charge in [-0.1, -0.05) is 118 Å². The Morgan fingerprint density at radius 2 is 1.28 bits per heavy atom. The Kier molecular flexibility index (Phi) is 43.8. The van der Waals surface area contributed by atoms with Gasteiger partial charge in [-0.2, -0.15) is 13.2 Å². The number of carboxylic acid groups (broad SMARTS) is 3. The molecule has 2 fully saturated rings. The van der Waals surface area contributed by atoms with E-state index in [1.54, 1.807) is 62.7 Å². The predicted octanol–water partition coefficient (Wildman–Crippen LogP) is 12.5. The molecule has 1 saturated heterocycles. The zero-order valence-corrected chi connectivity index (χ0v) is 61.5. The summed E-state index contributed by atoms with van der Waals surface area (Å²) in [5.74, 6) is -1.65. The largest absolute Gasteiger partial charge is 0.480 e. The number of nitrogens with zero attached hydrogens (tertiary/aromatic N) is 7. The molecule has 0 radical (unpaired) electrons. The molecule has 3 aromatic carbocycles. The van der Waals surface area contributed by atoms with Crippen LogP contribution >= 0.6 is 45.3 Å². The fourth-order valence-electron chi connectivity index (χ4n) is 9.50. The lowest BCUT2D eigenvalue weighted by molar-refractivity contribution is -0.384. The SMILES string of the molecule is C=C(C)c1ccccc1C.CC(=O)CN(CCN(CCN(C)C(=O)O)CC(=O)O)CC(=O)O.CCCCCCCNC(=O)c1cc([N+](=O)[O-])ccc1I.CNC(=O)C1CCCCC1.CNC(=O)C1CCCNC1.Cc1ccc(-c2nc(C)sc2C(F)(F)F)cc1.Cc1nnc(C)s1. The van der Waals surface area contributed by atoms with Crippen LogP contribution < -0.4 is 21.3 Å². The van der Waals surface area contributed by atoms with E-state index in [1.165, 1.54) is 85.6 Å². The van der Waals surface area contributed by atoms with E-state index in [1.807, 2.05) is 62.4 Å². The first-order chi connectivity index (χ1) is 45.7. The number of nitrogens with one attached hydrogen (secondary N) is 4. The lowest BCUT2D eigenvalue weighted by Crippen LogP contribution is -2.44. The average Bonchev–Trinajstić information content (AvgIpc) is 1.68. The van der Waals surface area contributed by atoms with E-state index in [0.29, 0.717) is 39.9 Å². The Bertz CT molecular complexity index is 3170. The molecule has 29 heteroatoms. The van der Waals surface area contributed by atoms with Gasteiger partial charge in [0.1, 0.15) is 20.7 Å². The van der Waals surface area contributed by atoms with Crippen LogP contribution in [0.5, 0.6) is 0 Å². The molecule has 0 bridgehead atoms. The number of aryl methyl sites for hydroxylation is 5. The highest BCUT2D eigenvalue weighted by molar-refractivity contribution is 14.1. The number of alkyl halides is 3. The van der Waals surface area contributed by atoms with E-state index in [0.717, 1.165) is 81.2 Å². The summed E-state index contributed by atoms with van der Waals surface area (Å²) in [4.78, 5) is 95.1. The number of allylic oxidation sites excluding steroid dienone is 1. The molecule has 1 atom stereocenters. The van der Waals surface area contributed by atoms with Crippen LogP contribution in [0.3, 0.4) is 0 Å². The van der Waals surface area contributed by atoms with E-state index in [-0.39, 0.29) is 86.6 Å². The third kappa shape index (κ3) is 38.4. The number of nitro groups is 1. The zero-order valence-electron chi connectivity index (χ0n) is 57.7. The molecule has 1 unspecified atom stereocenters. The molecule has 2 aliphatic rings. The van der Waals surface area contributed by atoms with E-state index in [4.69, 9.17) is 15.3 Å². The summed E-state index contributed by atoms with van der Waals surface area (Å²) in [6.45, 7) is 21.5. The molecule has 97 heavy (non-hydrogen) atoms. The third-order valence-electron chi connectivity index (χ3n) is 14.6. The monoisotopic (exact) mass is 1510 g/mol. The first-order valence-electron chi connectivity index (χ1n) is 32.0. The van der Waals surface area contributed by atoms with Gasteiger partial charge < -0.3 is 41.5 Å². The standard InChI is InChI=1S/C14H19IN2O3.C13H23N3O7.C12H10F3NS.C10H12.C8H15NO.C7H14N2O.C4H6N2S/c1-2-3-4-5-6-9-16-14(18)12-10-11(17(19)20)7-8-13(12)15;1-10(17)7-16(9-12(20)21)6-5-15(8-11(18)19)4-3-14(2)13(22)23;1-7-3-5-9(6-4-7)10-11(12(13,14)15)17-8(2)16-10;1-8(2)10-7-5-4-6-9(10)3;1-9-8(10)7-5-3-2-4-6-7;1-8-7(10)6-3-2-4-9-5-6;1-3-5-6-4(2)7-3/h7-8,10H,2-6,9H2,1H3,(H,16,18);3-9H2,1-2H3,(H,18,19)(H,20,21)(H,22,23);3-6H,1-2H3;4-7H,1H2,2-3H3;7H,2-6H2,1H3,(H,9,10);6,9H,2-5H2,1H3,(H,8,10);1-2H3. The number of Topliss-reactive ketones (excluding diaryl/α,β-unsaturated/α-hetero) is 1. The van der Waals surface area contributed by atoms with Gasteiger partial charge >= 0.3 is 24.2 Å². The molecule has 2 aromatic heterocycles. The minimum Gasteiger partial charge on any atom is -0.480 e. The quantitative estimate of drug-likeness (QED) is 0.0131. The van der Waals surface area contributed by atoms with Crippen molar-refractivity contribution in [3.05, 3.63) is 129 Å². The maximum atomic E-state index is 12.8. The highest BCUT2D eigenvalue weighted by Crippen LogP contribution is 2.40. The molecule has 4 amide bonds. The summed E-state index contributed by atoms with van der Waals surface area (Å²) in [6.07, 6.45) is 8.30. The highest BCUT2D eigenvalue weighted by Gasteiger charge is 2.37. The zero-order chi connectivity index (χ0) is 73.2. The Balaban J connectivity index is 0.000000584. The lowest BCUT2D eigenvalue weighted by Gasteiger charge is -2.26. The van der Waals surface area contributed by atoms with Crippen molar-refractivity contribution in [1.29, 1.82) is 0 Å². The molecule has 1 aliphatic heterocycles. The van der Waals surface area contributed by atoms with Gasteiger partial charge in [-0.15, -0.1) is 32.9 Å². The second kappa shape index (κ2) is 48.4. The number of benzene rings is 3. The Morgan fingerprint density at radius 1 is 0.722 bits per heavy atom. The van der Waals surface area contributed by atoms with Crippen LogP contribution in [0.25, 0.3) is 16.8 Å². The molecule has 1 aliphatic carbocycles. The number of amides is 4. The molecule has 5 aromatic rings. The van der Waals surface area contributed by atoms with Crippen LogP contribution in [0.2, 0.25) is 0 Å². The summed E-state index contributed by atoms with van der Waals surface area (Å²) in [5, 5.41) is 58.6. The molecular weight excluding hydrogens is 1410 g/mol. The van der Waals surface area contributed by atoms with Crippen molar-refractivity contribution in [2.24, 2.45) is 11.8 Å². The van der Waals surface area contributed by atoms with E-state index in [9.17, 15) is 56.8 Å². The third-order valence-corrected chi connectivity index (χ3v) is 17.3. The molecule has 1 saturated carbocycles. The summed E-state index contributed by atoms with van der Waals surface area (Å²) in [7, 11) is 4.78. The number of hydrogen-bond donors (Lipinski definition) is 7. The molecular formula is C68H99F3IN11O12S2. The number of unbranched alkanes of at least 4 members (excludes halogenated alkanes) is 4. The van der Waals surface area contributed by atoms with Crippen molar-refractivity contribution in [2.75, 3.05) is 86.6 Å². The van der Waals surface area contributed by atoms with Gasteiger partial charge in [0, 0.05) is 87.6 Å². The van der Waals surface area contributed by atoms with Gasteiger partial charge in [0.05, 0.1) is 46.7 Å². The number of rotatable bonds is 24. The summed E-state index contributed by atoms with van der Waals surface area (Å²) < 4.78 is 39.1. The Labute approximate surface area is 590 Å². The van der Waals surface area contributed by atoms with Crippen LogP contribution in [-0.2, 0) is 30.1 Å². The van der Waals surface area contributed by atoms with Crippen molar-refractivity contribution in [3.63, 3.8) is 0 Å². The number of thiazole rings is 1. The number of aliphatic carboxylic acids is 2. The van der Waals surface area contributed by atoms with Gasteiger partial charge in [-0.05, 0) is 127 Å². The molecule has 0 spiro atoms. The summed E-state index contributed by atoms with van der Waals surface area (Å²) >= 11 is 4.32. The fourth-order valence-corrected chi connectivity index (χ4v) is 11.5. The van der Waals surface area contributed by atoms with Crippen LogP contribution in [0.15, 0.2) is 73.3 Å². The van der Waals surface area contributed by atoms with Crippen molar-refractivity contribution in [2.45, 2.75) is 139 Å².